The van der Waals surface area contributed by atoms with Crippen LogP contribution in [0.1, 0.15) is 16.3 Å². The lowest BCUT2D eigenvalue weighted by Gasteiger charge is -2.06. The number of nitro groups is 1. The highest BCUT2D eigenvalue weighted by molar-refractivity contribution is 6.03. The number of hydrogen-bond donors (Lipinski definition) is 2. The number of amides is 1. The minimum Gasteiger partial charge on any atom is -0.506 e. The topological polar surface area (TPSA) is 133 Å². The van der Waals surface area contributed by atoms with Crippen LogP contribution in [-0.4, -0.2) is 22.7 Å². The first-order valence-electron chi connectivity index (χ1n) is 8.39. The Morgan fingerprint density at radius 3 is 2.79 bits per heavy atom. The number of hydrogen-bond acceptors (Lipinski definition) is 8. The maximum atomic E-state index is 12.3. The van der Waals surface area contributed by atoms with Crippen molar-refractivity contribution in [3.63, 3.8) is 0 Å². The highest BCUT2D eigenvalue weighted by atomic mass is 16.7. The number of nitro benzene ring substituents is 1. The number of carbonyl (C=O) groups excluding carboxylic acids is 1. The number of phenols is 1. The van der Waals surface area contributed by atoms with Crippen molar-refractivity contribution in [1.29, 1.82) is 0 Å². The van der Waals surface area contributed by atoms with E-state index in [-0.39, 0.29) is 36.3 Å². The van der Waals surface area contributed by atoms with E-state index in [4.69, 9.17) is 18.6 Å². The summed E-state index contributed by atoms with van der Waals surface area (Å²) in [5, 5.41) is 23.0. The minimum absolute atomic E-state index is 0.0415. The molecular weight excluding hydrogens is 384 g/mol. The second-order valence-corrected chi connectivity index (χ2v) is 5.98. The van der Waals surface area contributed by atoms with Crippen molar-refractivity contribution >= 4 is 17.3 Å². The molecule has 0 atom stereocenters. The van der Waals surface area contributed by atoms with Crippen molar-refractivity contribution in [2.75, 3.05) is 12.1 Å². The van der Waals surface area contributed by atoms with E-state index in [1.54, 1.807) is 24.3 Å². The summed E-state index contributed by atoms with van der Waals surface area (Å²) in [5.74, 6) is 1.13. The van der Waals surface area contributed by atoms with Gasteiger partial charge in [0.2, 0.25) is 6.79 Å². The van der Waals surface area contributed by atoms with Gasteiger partial charge in [0, 0.05) is 18.2 Å². The number of anilines is 1. The number of rotatable bonds is 6. The number of fused-ring (bicyclic) bond motifs is 1. The lowest BCUT2D eigenvalue weighted by atomic mass is 10.2. The molecule has 0 fully saturated rings. The molecule has 148 valence electrons. The molecule has 0 unspecified atom stereocenters. The fraction of sp³-hybridized carbons (Fsp3) is 0.105. The van der Waals surface area contributed by atoms with E-state index in [9.17, 15) is 20.0 Å². The Labute approximate surface area is 163 Å². The van der Waals surface area contributed by atoms with Crippen molar-refractivity contribution in [1.82, 2.24) is 0 Å². The zero-order valence-electron chi connectivity index (χ0n) is 14.8. The Kier molecular flexibility index (Phi) is 4.65. The van der Waals surface area contributed by atoms with Crippen molar-refractivity contribution in [3.8, 4) is 23.0 Å². The Balaban J connectivity index is 1.40. The number of non-ortho nitro benzene ring substituents is 1. The summed E-state index contributed by atoms with van der Waals surface area (Å²) < 4.78 is 21.6. The number of ether oxygens (including phenoxy) is 3. The number of carbonyl (C=O) groups is 1. The summed E-state index contributed by atoms with van der Waals surface area (Å²) in [6, 6.07) is 11.4. The van der Waals surface area contributed by atoms with Crippen LogP contribution in [0.5, 0.6) is 23.0 Å². The maximum Gasteiger partial charge on any atom is 0.291 e. The van der Waals surface area contributed by atoms with Gasteiger partial charge in [0.25, 0.3) is 11.6 Å². The van der Waals surface area contributed by atoms with Crippen LogP contribution < -0.4 is 19.5 Å². The number of phenolic OH excluding ortho intramolecular Hbond substituents is 1. The predicted molar refractivity (Wildman–Crippen MR) is 98.3 cm³/mol. The van der Waals surface area contributed by atoms with Crippen molar-refractivity contribution in [2.24, 2.45) is 0 Å². The van der Waals surface area contributed by atoms with Gasteiger partial charge in [-0.3, -0.25) is 14.9 Å². The predicted octanol–water partition coefficient (Wildman–Crippen LogP) is 3.45. The molecule has 0 bridgehead atoms. The van der Waals surface area contributed by atoms with Gasteiger partial charge in [-0.2, -0.15) is 0 Å². The van der Waals surface area contributed by atoms with Gasteiger partial charge >= 0.3 is 0 Å². The van der Waals surface area contributed by atoms with Gasteiger partial charge in [-0.15, -0.1) is 0 Å². The fourth-order valence-corrected chi connectivity index (χ4v) is 2.62. The molecule has 10 nitrogen and oxygen atoms in total. The van der Waals surface area contributed by atoms with E-state index in [0.29, 0.717) is 23.0 Å². The molecule has 2 aromatic carbocycles. The highest BCUT2D eigenvalue weighted by Gasteiger charge is 2.17. The first kappa shape index (κ1) is 18.2. The summed E-state index contributed by atoms with van der Waals surface area (Å²) >= 11 is 0. The van der Waals surface area contributed by atoms with Crippen LogP contribution in [0.4, 0.5) is 11.4 Å². The molecular formula is C19H14N2O8. The highest BCUT2D eigenvalue weighted by Crippen LogP contribution is 2.35. The van der Waals surface area contributed by atoms with Crippen LogP contribution in [0.15, 0.2) is 52.9 Å². The Bertz CT molecular complexity index is 1090. The van der Waals surface area contributed by atoms with Crippen LogP contribution in [0.25, 0.3) is 0 Å². The Hall–Kier alpha value is -4.21. The number of furan rings is 1. The molecule has 10 heteroatoms. The maximum absolute atomic E-state index is 12.3. The summed E-state index contributed by atoms with van der Waals surface area (Å²) in [6.07, 6.45) is 0. The van der Waals surface area contributed by atoms with Gasteiger partial charge in [-0.1, -0.05) is 0 Å². The average molecular weight is 398 g/mol. The molecule has 1 aliphatic rings. The van der Waals surface area contributed by atoms with Crippen molar-refractivity contribution in [3.05, 3.63) is 70.2 Å². The van der Waals surface area contributed by atoms with Gasteiger partial charge in [0.15, 0.2) is 17.3 Å². The van der Waals surface area contributed by atoms with Crippen LogP contribution in [-0.2, 0) is 6.61 Å². The van der Waals surface area contributed by atoms with Crippen LogP contribution in [0, 0.1) is 10.1 Å². The lowest BCUT2D eigenvalue weighted by molar-refractivity contribution is -0.384. The van der Waals surface area contributed by atoms with Gasteiger partial charge in [-0.05, 0) is 30.3 Å². The summed E-state index contributed by atoms with van der Waals surface area (Å²) in [4.78, 5) is 22.5. The second-order valence-electron chi connectivity index (χ2n) is 5.98. The first-order valence-corrected chi connectivity index (χ1v) is 8.39. The first-order chi connectivity index (χ1) is 14.0. The van der Waals surface area contributed by atoms with E-state index in [1.165, 1.54) is 6.07 Å². The Morgan fingerprint density at radius 2 is 1.97 bits per heavy atom. The van der Waals surface area contributed by atoms with Gasteiger partial charge in [-0.25, -0.2) is 0 Å². The van der Waals surface area contributed by atoms with Gasteiger partial charge in [0.05, 0.1) is 10.6 Å². The van der Waals surface area contributed by atoms with Gasteiger partial charge < -0.3 is 29.1 Å². The minimum atomic E-state index is -0.671. The summed E-state index contributed by atoms with van der Waals surface area (Å²) in [5.41, 5.74) is -0.367. The lowest BCUT2D eigenvalue weighted by Crippen LogP contribution is -2.11. The molecule has 1 aliphatic heterocycles. The van der Waals surface area contributed by atoms with E-state index in [0.717, 1.165) is 18.2 Å². The number of benzene rings is 2. The molecule has 0 aliphatic carbocycles. The molecule has 2 N–H and O–H groups in total. The molecule has 0 radical (unpaired) electrons. The van der Waals surface area contributed by atoms with Crippen molar-refractivity contribution < 1.29 is 33.5 Å². The monoisotopic (exact) mass is 398 g/mol. The average Bonchev–Trinajstić information content (AvgIpc) is 3.36. The number of nitrogens with zero attached hydrogens (tertiary/aromatic N) is 1. The van der Waals surface area contributed by atoms with Crippen molar-refractivity contribution in [2.45, 2.75) is 6.61 Å². The van der Waals surface area contributed by atoms with Gasteiger partial charge in [0.1, 0.15) is 23.9 Å². The third-order valence-corrected chi connectivity index (χ3v) is 4.05. The van der Waals surface area contributed by atoms with Crippen LogP contribution >= 0.6 is 0 Å². The van der Waals surface area contributed by atoms with E-state index in [1.807, 2.05) is 0 Å². The smallest absolute Gasteiger partial charge is 0.291 e. The molecule has 2 heterocycles. The molecule has 29 heavy (non-hydrogen) atoms. The summed E-state index contributed by atoms with van der Waals surface area (Å²) in [6.45, 7) is 0.227. The van der Waals surface area contributed by atoms with E-state index < -0.39 is 10.8 Å². The van der Waals surface area contributed by atoms with E-state index in [2.05, 4.69) is 5.32 Å². The van der Waals surface area contributed by atoms with E-state index >= 15 is 0 Å². The largest absolute Gasteiger partial charge is 0.506 e. The standard InChI is InChI=1S/C19H14N2O8/c22-15-4-1-11(21(24)25)7-14(15)20-19(23)17-6-3-13(29-17)9-26-12-2-5-16-18(8-12)28-10-27-16/h1-8,22H,9-10H2,(H,20,23). The molecule has 0 saturated carbocycles. The SMILES string of the molecule is O=C(Nc1cc([N+](=O)[O-])ccc1O)c1ccc(COc2ccc3c(c2)OCO3)o1. The molecule has 1 aromatic heterocycles. The third-order valence-electron chi connectivity index (χ3n) is 4.05. The van der Waals surface area contributed by atoms with Crippen LogP contribution in [0.3, 0.4) is 0 Å². The molecule has 4 rings (SSSR count). The quantitative estimate of drug-likeness (QED) is 0.366. The zero-order chi connectivity index (χ0) is 20.4. The Morgan fingerprint density at radius 1 is 1.14 bits per heavy atom. The molecule has 0 spiro atoms. The molecule has 0 saturated heterocycles. The van der Waals surface area contributed by atoms with Crippen LogP contribution in [0.2, 0.25) is 0 Å². The zero-order valence-corrected chi connectivity index (χ0v) is 14.8. The number of aromatic hydroxyl groups is 1. The fourth-order valence-electron chi connectivity index (χ4n) is 2.62. The summed E-state index contributed by atoms with van der Waals surface area (Å²) in [7, 11) is 0. The second kappa shape index (κ2) is 7.43. The normalized spacial score (nSPS) is 11.9. The number of nitrogens with one attached hydrogen (secondary N) is 1. The molecule has 3 aromatic rings. The third kappa shape index (κ3) is 3.90. The molecule has 1 amide bonds.